The van der Waals surface area contributed by atoms with Crippen molar-refractivity contribution in [3.05, 3.63) is 30.3 Å². The first-order valence-electron chi connectivity index (χ1n) is 3.56. The van der Waals surface area contributed by atoms with Crippen molar-refractivity contribution < 1.29 is 9.90 Å². The first-order chi connectivity index (χ1) is 5.85. The van der Waals surface area contributed by atoms with Gasteiger partial charge in [-0.2, -0.15) is 4.99 Å². The molecule has 0 fully saturated rings. The summed E-state index contributed by atoms with van der Waals surface area (Å²) in [6.45, 7) is 1.57. The number of hydrogen-bond acceptors (Lipinski definition) is 2. The van der Waals surface area contributed by atoms with Gasteiger partial charge in [0.2, 0.25) is 6.08 Å². The number of nitrogens with zero attached hydrogens (tertiary/aromatic N) is 1. The van der Waals surface area contributed by atoms with Crippen LogP contribution in [0.15, 0.2) is 35.3 Å². The highest BCUT2D eigenvalue weighted by atomic mass is 16.2. The van der Waals surface area contributed by atoms with Gasteiger partial charge in [0.05, 0.1) is 12.3 Å². The molecule has 12 heavy (non-hydrogen) atoms. The van der Waals surface area contributed by atoms with Gasteiger partial charge in [0.1, 0.15) is 0 Å². The minimum Gasteiger partial charge on any atom is -0.237 e. The van der Waals surface area contributed by atoms with Gasteiger partial charge in [0.15, 0.2) is 0 Å². The lowest BCUT2D eigenvalue weighted by Gasteiger charge is -1.83. The fourth-order valence-corrected chi connectivity index (χ4v) is 0.555. The van der Waals surface area contributed by atoms with Crippen LogP contribution in [0.25, 0.3) is 0 Å². The highest BCUT2D eigenvalue weighted by molar-refractivity contribution is 5.47. The summed E-state index contributed by atoms with van der Waals surface area (Å²) in [7, 11) is 0. The summed E-state index contributed by atoms with van der Waals surface area (Å²) in [6.07, 6.45) is 1.46. The molecule has 0 saturated carbocycles. The predicted octanol–water partition coefficient (Wildman–Crippen LogP) is 2.09. The third-order valence-corrected chi connectivity index (χ3v) is 0.931. The number of aliphatic imine (C=N–C) groups is 1. The van der Waals surface area contributed by atoms with Crippen molar-refractivity contribution in [2.75, 3.05) is 6.61 Å². The number of rotatable bonds is 1. The molecule has 1 rings (SSSR count). The summed E-state index contributed by atoms with van der Waals surface area (Å²) in [5, 5.41) is 8.93. The molecular weight excluding hydrogens is 154 g/mol. The van der Waals surface area contributed by atoms with Crippen molar-refractivity contribution >= 4 is 11.8 Å². The molecule has 0 aliphatic rings. The fourth-order valence-electron chi connectivity index (χ4n) is 0.555. The van der Waals surface area contributed by atoms with Gasteiger partial charge in [0.25, 0.3) is 0 Å². The monoisotopic (exact) mass is 164 g/mol. The van der Waals surface area contributed by atoms with Gasteiger partial charge < -0.3 is 0 Å². The Labute approximate surface area is 71.4 Å². The maximum Gasteiger partial charge on any atom is 0.240 e. The molecule has 1 aromatic carbocycles. The summed E-state index contributed by atoms with van der Waals surface area (Å²) < 4.78 is 0. The Hall–Kier alpha value is -1.44. The number of benzene rings is 1. The minimum absolute atomic E-state index is 0. The summed E-state index contributed by atoms with van der Waals surface area (Å²) in [4.78, 5) is 13.1. The number of para-hydroxylation sites is 1. The maximum absolute atomic E-state index is 9.68. The second-order valence-corrected chi connectivity index (χ2v) is 1.83. The molecule has 0 heterocycles. The molecule has 0 aliphatic heterocycles. The predicted molar refractivity (Wildman–Crippen MR) is 45.5 cm³/mol. The molecule has 1 aromatic rings. The van der Waals surface area contributed by atoms with Crippen molar-refractivity contribution in [2.24, 2.45) is 4.99 Å². The van der Waals surface area contributed by atoms with Crippen LogP contribution in [0.4, 0.5) is 5.69 Å². The van der Waals surface area contributed by atoms with Crippen LogP contribution >= 0.6 is 0 Å². The quantitative estimate of drug-likeness (QED) is 0.463. The molecule has 3 nitrogen and oxygen atoms in total. The van der Waals surface area contributed by atoms with Crippen molar-refractivity contribution in [1.29, 1.82) is 0 Å². The van der Waals surface area contributed by atoms with Gasteiger partial charge in [-0.15, -0.1) is 0 Å². The van der Waals surface area contributed by atoms with Gasteiger partial charge in [-0.05, 0) is 19.1 Å². The molecule has 0 saturated heterocycles. The Morgan fingerprint density at radius 3 is 2.25 bits per heavy atom. The van der Waals surface area contributed by atoms with E-state index < -0.39 is 0 Å². The smallest absolute Gasteiger partial charge is 0.237 e. The van der Waals surface area contributed by atoms with E-state index in [0.717, 1.165) is 0 Å². The highest BCUT2D eigenvalue weighted by Crippen LogP contribution is 2.06. The zero-order valence-electron chi connectivity index (χ0n) is 6.86. The van der Waals surface area contributed by atoms with E-state index in [1.807, 2.05) is 18.2 Å². The van der Waals surface area contributed by atoms with E-state index in [2.05, 4.69) is 4.99 Å². The second-order valence-electron chi connectivity index (χ2n) is 1.83. The number of isocyanates is 1. The normalized spacial score (nSPS) is 7.50. The Balaban J connectivity index is 0.000000354. The van der Waals surface area contributed by atoms with E-state index in [-0.39, 0.29) is 6.61 Å². The number of hydrogen-bond donors (Lipinski definition) is 0. The van der Waals surface area contributed by atoms with E-state index in [4.69, 9.17) is 5.11 Å². The lowest BCUT2D eigenvalue weighted by molar-refractivity contribution is 0.212. The van der Waals surface area contributed by atoms with Crippen LogP contribution in [0, 0.1) is 0 Å². The van der Waals surface area contributed by atoms with Gasteiger partial charge in [-0.1, -0.05) is 18.2 Å². The Bertz CT molecular complexity index is 240. The van der Waals surface area contributed by atoms with Crippen LogP contribution in [0.5, 0.6) is 0 Å². The molecule has 0 N–H and O–H groups in total. The molecule has 0 aliphatic carbocycles. The van der Waals surface area contributed by atoms with Gasteiger partial charge in [0, 0.05) is 0 Å². The van der Waals surface area contributed by atoms with Crippen molar-refractivity contribution in [3.63, 3.8) is 0 Å². The third-order valence-electron chi connectivity index (χ3n) is 0.931. The molecule has 0 aromatic heterocycles. The molecule has 0 atom stereocenters. The molecule has 0 unspecified atom stereocenters. The van der Waals surface area contributed by atoms with Gasteiger partial charge in [-0.25, -0.2) is 9.90 Å². The van der Waals surface area contributed by atoms with Crippen LogP contribution in [-0.4, -0.2) is 12.7 Å². The largest absolute Gasteiger partial charge is 0.240 e. The fraction of sp³-hybridized carbons (Fsp3) is 0.222. The first kappa shape index (κ1) is 10.6. The molecule has 0 spiro atoms. The van der Waals surface area contributed by atoms with E-state index in [1.54, 1.807) is 19.1 Å². The van der Waals surface area contributed by atoms with Crippen molar-refractivity contribution in [2.45, 2.75) is 6.92 Å². The van der Waals surface area contributed by atoms with Crippen LogP contribution in [0.1, 0.15) is 6.92 Å². The molecule has 63 valence electrons. The average molecular weight is 164 g/mol. The SMILES string of the molecule is CC[O].O=C=Nc1ccccc1. The third kappa shape index (κ3) is 5.35. The van der Waals surface area contributed by atoms with E-state index in [1.165, 1.54) is 6.08 Å². The lowest BCUT2D eigenvalue weighted by atomic mass is 10.3. The Morgan fingerprint density at radius 2 is 1.83 bits per heavy atom. The molecule has 1 radical (unpaired) electrons. The first-order valence-corrected chi connectivity index (χ1v) is 3.56. The van der Waals surface area contributed by atoms with Crippen LogP contribution in [0.3, 0.4) is 0 Å². The van der Waals surface area contributed by atoms with Crippen LogP contribution in [0.2, 0.25) is 0 Å². The van der Waals surface area contributed by atoms with Crippen LogP contribution in [-0.2, 0) is 9.90 Å². The zero-order valence-corrected chi connectivity index (χ0v) is 6.86. The summed E-state index contributed by atoms with van der Waals surface area (Å²) >= 11 is 0. The summed E-state index contributed by atoms with van der Waals surface area (Å²) in [6, 6.07) is 8.98. The topological polar surface area (TPSA) is 49.3 Å². The molecular formula is C9H10NO2. The van der Waals surface area contributed by atoms with Crippen molar-refractivity contribution in [1.82, 2.24) is 0 Å². The Morgan fingerprint density at radius 1 is 1.33 bits per heavy atom. The minimum atomic E-state index is 0. The highest BCUT2D eigenvalue weighted by Gasteiger charge is 1.79. The zero-order chi connectivity index (χ0) is 9.23. The lowest BCUT2D eigenvalue weighted by Crippen LogP contribution is -1.59. The average Bonchev–Trinajstić information content (AvgIpc) is 2.08. The van der Waals surface area contributed by atoms with Gasteiger partial charge >= 0.3 is 0 Å². The molecule has 0 bridgehead atoms. The van der Waals surface area contributed by atoms with Gasteiger partial charge in [-0.3, -0.25) is 0 Å². The number of carbonyl (C=O) groups excluding carboxylic acids is 1. The van der Waals surface area contributed by atoms with E-state index in [0.29, 0.717) is 5.69 Å². The van der Waals surface area contributed by atoms with E-state index >= 15 is 0 Å². The van der Waals surface area contributed by atoms with Crippen molar-refractivity contribution in [3.8, 4) is 0 Å². The molecule has 3 heteroatoms. The standard InChI is InChI=1S/C7H5NO.C2H5O/c9-6-8-7-4-2-1-3-5-7;1-2-3/h1-5H;2H2,1H3. The van der Waals surface area contributed by atoms with E-state index in [9.17, 15) is 4.79 Å². The summed E-state index contributed by atoms with van der Waals surface area (Å²) in [5.41, 5.74) is 0.646. The summed E-state index contributed by atoms with van der Waals surface area (Å²) in [5.74, 6) is 0. The maximum atomic E-state index is 9.68. The van der Waals surface area contributed by atoms with Crippen LogP contribution < -0.4 is 0 Å². The molecule has 0 amide bonds. The Kier molecular flexibility index (Phi) is 6.74. The second kappa shape index (κ2) is 7.66.